The number of amides is 1. The van der Waals surface area contributed by atoms with Crippen molar-refractivity contribution in [3.05, 3.63) is 82.1 Å². The number of nitrogens with zero attached hydrogens (tertiary/aromatic N) is 5. The van der Waals surface area contributed by atoms with Gasteiger partial charge in [0.15, 0.2) is 0 Å². The molecule has 0 spiro atoms. The summed E-state index contributed by atoms with van der Waals surface area (Å²) in [5.74, 6) is -0.222. The van der Waals surface area contributed by atoms with Crippen LogP contribution in [0.2, 0.25) is 0 Å². The zero-order valence-electron chi connectivity index (χ0n) is 14.5. The van der Waals surface area contributed by atoms with Crippen molar-refractivity contribution < 1.29 is 4.79 Å². The lowest BCUT2D eigenvalue weighted by molar-refractivity contribution is 0.0708. The van der Waals surface area contributed by atoms with E-state index in [1.54, 1.807) is 47.5 Å². The molecule has 0 saturated carbocycles. The second-order valence-electron chi connectivity index (χ2n) is 6.47. The van der Waals surface area contributed by atoms with Crippen molar-refractivity contribution in [2.24, 2.45) is 0 Å². The lowest BCUT2D eigenvalue weighted by Crippen LogP contribution is -2.41. The van der Waals surface area contributed by atoms with Crippen molar-refractivity contribution >= 4 is 5.91 Å². The summed E-state index contributed by atoms with van der Waals surface area (Å²) in [6.07, 6.45) is 8.67. The maximum absolute atomic E-state index is 13.0. The number of carbonyl (C=O) groups is 1. The summed E-state index contributed by atoms with van der Waals surface area (Å²) in [6, 6.07) is 5.56. The third-order valence-electron chi connectivity index (χ3n) is 4.71. The van der Waals surface area contributed by atoms with Crippen molar-refractivity contribution in [1.29, 1.82) is 0 Å². The second-order valence-corrected chi connectivity index (χ2v) is 6.47. The number of hydrogen-bond donors (Lipinski definition) is 0. The van der Waals surface area contributed by atoms with E-state index in [1.165, 1.54) is 0 Å². The summed E-state index contributed by atoms with van der Waals surface area (Å²) in [5, 5.41) is 0. The minimum Gasteiger partial charge on any atom is -0.331 e. The first kappa shape index (κ1) is 16.3. The Morgan fingerprint density at radius 3 is 2.88 bits per heavy atom. The quantitative estimate of drug-likeness (QED) is 0.717. The molecule has 3 aromatic rings. The topological polar surface area (TPSA) is 73.0 Å². The highest BCUT2D eigenvalue weighted by Gasteiger charge is 2.25. The number of hydrogen-bond acceptors (Lipinski definition) is 4. The van der Waals surface area contributed by atoms with Crippen LogP contribution in [-0.4, -0.2) is 36.5 Å². The summed E-state index contributed by atoms with van der Waals surface area (Å²) < 4.78 is 3.59. The van der Waals surface area contributed by atoms with E-state index in [2.05, 4.69) is 9.97 Å². The van der Waals surface area contributed by atoms with Gasteiger partial charge in [0.25, 0.3) is 11.5 Å². The molecule has 0 unspecified atom stereocenters. The number of aromatic nitrogens is 4. The fourth-order valence-electron chi connectivity index (χ4n) is 3.25. The van der Waals surface area contributed by atoms with Gasteiger partial charge in [-0.3, -0.25) is 14.6 Å². The lowest BCUT2D eigenvalue weighted by Gasteiger charge is -2.28. The van der Waals surface area contributed by atoms with E-state index in [-0.39, 0.29) is 17.0 Å². The van der Waals surface area contributed by atoms with Gasteiger partial charge in [0, 0.05) is 37.9 Å². The van der Waals surface area contributed by atoms with Crippen molar-refractivity contribution in [2.75, 3.05) is 6.54 Å². The van der Waals surface area contributed by atoms with Gasteiger partial charge in [-0.15, -0.1) is 0 Å². The maximum atomic E-state index is 13.0. The van der Waals surface area contributed by atoms with Crippen LogP contribution in [0.3, 0.4) is 0 Å². The molecule has 26 heavy (non-hydrogen) atoms. The van der Waals surface area contributed by atoms with Gasteiger partial charge >= 0.3 is 0 Å². The van der Waals surface area contributed by atoms with Gasteiger partial charge in [0.05, 0.1) is 25.1 Å². The minimum atomic E-state index is -0.266. The summed E-state index contributed by atoms with van der Waals surface area (Å²) in [6.45, 7) is 3.92. The maximum Gasteiger partial charge on any atom is 0.263 e. The zero-order chi connectivity index (χ0) is 18.1. The Bertz CT molecular complexity index is 1010. The largest absolute Gasteiger partial charge is 0.331 e. The molecule has 0 aromatic carbocycles. The molecule has 7 nitrogen and oxygen atoms in total. The van der Waals surface area contributed by atoms with Gasteiger partial charge in [-0.05, 0) is 30.2 Å². The van der Waals surface area contributed by atoms with E-state index in [0.717, 1.165) is 11.3 Å². The predicted octanol–water partition coefficient (Wildman–Crippen LogP) is 1.45. The van der Waals surface area contributed by atoms with Gasteiger partial charge in [-0.25, -0.2) is 4.98 Å². The van der Waals surface area contributed by atoms with Crippen LogP contribution < -0.4 is 5.56 Å². The normalized spacial score (nSPS) is 13.5. The van der Waals surface area contributed by atoms with Crippen molar-refractivity contribution in [3.63, 3.8) is 0 Å². The minimum absolute atomic E-state index is 0.222. The molecule has 1 amide bonds. The predicted molar refractivity (Wildman–Crippen MR) is 95.7 cm³/mol. The highest BCUT2D eigenvalue weighted by atomic mass is 16.2. The first-order valence-electron chi connectivity index (χ1n) is 8.50. The Morgan fingerprint density at radius 2 is 2.08 bits per heavy atom. The first-order valence-corrected chi connectivity index (χ1v) is 8.50. The highest BCUT2D eigenvalue weighted by Crippen LogP contribution is 2.15. The molecule has 132 valence electrons. The summed E-state index contributed by atoms with van der Waals surface area (Å²) in [4.78, 5) is 35.9. The molecule has 3 aromatic heterocycles. The molecule has 0 atom stereocenters. The SMILES string of the molecule is Cc1ccn(Cc2cccnc2)c(=O)c1C(=O)N1CCn2cncc2C1. The van der Waals surface area contributed by atoms with E-state index in [9.17, 15) is 9.59 Å². The van der Waals surface area contributed by atoms with Crippen LogP contribution in [0.5, 0.6) is 0 Å². The van der Waals surface area contributed by atoms with Crippen molar-refractivity contribution in [1.82, 2.24) is 24.0 Å². The number of carbonyl (C=O) groups excluding carboxylic acids is 1. The van der Waals surface area contributed by atoms with E-state index >= 15 is 0 Å². The fraction of sp³-hybridized carbons (Fsp3) is 0.263. The molecule has 1 aliphatic heterocycles. The molecule has 0 fully saturated rings. The van der Waals surface area contributed by atoms with Gasteiger partial charge in [0.2, 0.25) is 0 Å². The average molecular weight is 349 g/mol. The third kappa shape index (κ3) is 2.92. The molecule has 0 aliphatic carbocycles. The van der Waals surface area contributed by atoms with Gasteiger partial charge in [-0.2, -0.15) is 0 Å². The van der Waals surface area contributed by atoms with E-state index in [4.69, 9.17) is 0 Å². The molecular weight excluding hydrogens is 330 g/mol. The van der Waals surface area contributed by atoms with Crippen LogP contribution in [0.25, 0.3) is 0 Å². The van der Waals surface area contributed by atoms with E-state index < -0.39 is 0 Å². The molecule has 4 rings (SSSR count). The van der Waals surface area contributed by atoms with Gasteiger partial charge < -0.3 is 14.0 Å². The average Bonchev–Trinajstić information content (AvgIpc) is 3.12. The van der Waals surface area contributed by atoms with Crippen LogP contribution in [0.1, 0.15) is 27.2 Å². The molecule has 7 heteroatoms. The van der Waals surface area contributed by atoms with Crippen molar-refractivity contribution in [3.8, 4) is 0 Å². The Labute approximate surface area is 150 Å². The molecule has 0 saturated heterocycles. The van der Waals surface area contributed by atoms with Gasteiger partial charge in [0.1, 0.15) is 5.56 Å². The summed E-state index contributed by atoms with van der Waals surface area (Å²) >= 11 is 0. The molecular formula is C19H19N5O2. The summed E-state index contributed by atoms with van der Waals surface area (Å²) in [5.41, 5.74) is 2.57. The molecule has 4 heterocycles. The standard InChI is InChI=1S/C19H19N5O2/c1-14-4-6-22(11-15-3-2-5-20-9-15)18(25)17(14)19(26)23-7-8-24-13-21-10-16(24)12-23/h2-6,9-10,13H,7-8,11-12H2,1H3. The molecule has 0 bridgehead atoms. The van der Waals surface area contributed by atoms with Gasteiger partial charge in [-0.1, -0.05) is 6.07 Å². The van der Waals surface area contributed by atoms with Crippen molar-refractivity contribution in [2.45, 2.75) is 26.6 Å². The number of fused-ring (bicyclic) bond motifs is 1. The van der Waals surface area contributed by atoms with Crippen LogP contribution in [0, 0.1) is 6.92 Å². The number of rotatable bonds is 3. The number of pyridine rings is 2. The smallest absolute Gasteiger partial charge is 0.263 e. The van der Waals surface area contributed by atoms with Crippen LogP contribution >= 0.6 is 0 Å². The Morgan fingerprint density at radius 1 is 1.19 bits per heavy atom. The fourth-order valence-corrected chi connectivity index (χ4v) is 3.25. The Balaban J connectivity index is 1.65. The molecule has 0 N–H and O–H groups in total. The number of aryl methyl sites for hydroxylation is 1. The molecule has 0 radical (unpaired) electrons. The second kappa shape index (κ2) is 6.59. The monoisotopic (exact) mass is 349 g/mol. The summed E-state index contributed by atoms with van der Waals surface area (Å²) in [7, 11) is 0. The van der Waals surface area contributed by atoms with Crippen LogP contribution in [0.4, 0.5) is 0 Å². The van der Waals surface area contributed by atoms with E-state index in [1.807, 2.05) is 22.8 Å². The Hall–Kier alpha value is -3.22. The van der Waals surface area contributed by atoms with Crippen LogP contribution in [0.15, 0.2) is 54.1 Å². The van der Waals surface area contributed by atoms with Crippen LogP contribution in [-0.2, 0) is 19.6 Å². The van der Waals surface area contributed by atoms with E-state index in [0.29, 0.717) is 31.7 Å². The first-order chi connectivity index (χ1) is 12.6. The molecule has 1 aliphatic rings. The number of imidazole rings is 1. The third-order valence-corrected chi connectivity index (χ3v) is 4.71. The lowest BCUT2D eigenvalue weighted by atomic mass is 10.1. The highest BCUT2D eigenvalue weighted by molar-refractivity contribution is 5.95. The zero-order valence-corrected chi connectivity index (χ0v) is 14.5. The Kier molecular flexibility index (Phi) is 4.12.